The van der Waals surface area contributed by atoms with Crippen molar-refractivity contribution in [2.45, 2.75) is 32.4 Å². The van der Waals surface area contributed by atoms with Crippen LogP contribution >= 0.6 is 15.9 Å². The molecular formula is C12H17BrFNO. The first-order valence-electron chi connectivity index (χ1n) is 5.30. The molecular weight excluding hydrogens is 273 g/mol. The normalized spacial score (nSPS) is 14.8. The molecule has 0 saturated carbocycles. The maximum Gasteiger partial charge on any atom is 0.123 e. The fourth-order valence-electron chi connectivity index (χ4n) is 1.28. The minimum atomic E-state index is -0.314. The Morgan fingerprint density at radius 1 is 1.50 bits per heavy atom. The number of hydrogen-bond acceptors (Lipinski definition) is 2. The van der Waals surface area contributed by atoms with Gasteiger partial charge in [-0.2, -0.15) is 0 Å². The van der Waals surface area contributed by atoms with Gasteiger partial charge in [0.15, 0.2) is 0 Å². The van der Waals surface area contributed by atoms with Crippen molar-refractivity contribution in [2.75, 3.05) is 6.61 Å². The third-order valence-electron chi connectivity index (χ3n) is 2.84. The predicted octanol–water partition coefficient (Wildman–Crippen LogP) is 2.84. The van der Waals surface area contributed by atoms with Crippen LogP contribution < -0.4 is 5.32 Å². The number of nitrogens with one attached hydrogen (secondary N) is 1. The van der Waals surface area contributed by atoms with Crippen LogP contribution in [0, 0.1) is 5.82 Å². The average molecular weight is 290 g/mol. The van der Waals surface area contributed by atoms with Gasteiger partial charge < -0.3 is 10.4 Å². The molecule has 0 aliphatic carbocycles. The first-order valence-corrected chi connectivity index (χ1v) is 6.10. The minimum absolute atomic E-state index is 0.0659. The number of aliphatic hydroxyl groups excluding tert-OH is 1. The Kier molecular flexibility index (Phi) is 4.89. The molecule has 0 radical (unpaired) electrons. The molecule has 0 bridgehead atoms. The predicted molar refractivity (Wildman–Crippen MR) is 66.7 cm³/mol. The van der Waals surface area contributed by atoms with Gasteiger partial charge in [-0.05, 0) is 37.1 Å². The number of halogens is 2. The lowest BCUT2D eigenvalue weighted by Gasteiger charge is -2.27. The van der Waals surface area contributed by atoms with Gasteiger partial charge in [-0.25, -0.2) is 4.39 Å². The Labute approximate surface area is 104 Å². The molecule has 0 aliphatic heterocycles. The first-order chi connectivity index (χ1) is 7.50. The molecule has 1 aromatic rings. The Hall–Kier alpha value is -0.450. The molecule has 1 rings (SSSR count). The summed E-state index contributed by atoms with van der Waals surface area (Å²) < 4.78 is 13.9. The summed E-state index contributed by atoms with van der Waals surface area (Å²) in [7, 11) is 0. The molecule has 0 fully saturated rings. The van der Waals surface area contributed by atoms with Crippen molar-refractivity contribution in [2.24, 2.45) is 0 Å². The molecule has 0 amide bonds. The highest BCUT2D eigenvalue weighted by Crippen LogP contribution is 2.19. The number of benzene rings is 1. The van der Waals surface area contributed by atoms with E-state index in [0.717, 1.165) is 16.5 Å². The van der Waals surface area contributed by atoms with Crippen LogP contribution in [0.3, 0.4) is 0 Å². The summed E-state index contributed by atoms with van der Waals surface area (Å²) in [5.74, 6) is -0.248. The van der Waals surface area contributed by atoms with E-state index in [9.17, 15) is 9.50 Å². The van der Waals surface area contributed by atoms with E-state index in [1.165, 1.54) is 12.1 Å². The lowest BCUT2D eigenvalue weighted by atomic mass is 10.00. The van der Waals surface area contributed by atoms with Gasteiger partial charge >= 0.3 is 0 Å². The SMILES string of the molecule is CCC(C)(CO)NCc1cc(F)ccc1Br. The first kappa shape index (κ1) is 13.6. The molecule has 90 valence electrons. The van der Waals surface area contributed by atoms with Crippen molar-refractivity contribution in [1.82, 2.24) is 5.32 Å². The maximum atomic E-state index is 13.0. The minimum Gasteiger partial charge on any atom is -0.394 e. The van der Waals surface area contributed by atoms with Crippen LogP contribution in [0.1, 0.15) is 25.8 Å². The van der Waals surface area contributed by atoms with Crippen LogP contribution in [-0.4, -0.2) is 17.3 Å². The molecule has 2 N–H and O–H groups in total. The number of hydrogen-bond donors (Lipinski definition) is 2. The molecule has 0 heterocycles. The van der Waals surface area contributed by atoms with Crippen LogP contribution in [0.5, 0.6) is 0 Å². The van der Waals surface area contributed by atoms with Crippen molar-refractivity contribution in [3.05, 3.63) is 34.1 Å². The Morgan fingerprint density at radius 3 is 2.75 bits per heavy atom. The molecule has 16 heavy (non-hydrogen) atoms. The number of rotatable bonds is 5. The Bertz CT molecular complexity index is 353. The number of aliphatic hydroxyl groups is 1. The molecule has 0 saturated heterocycles. The second-order valence-corrected chi connectivity index (χ2v) is 5.02. The molecule has 1 atom stereocenters. The van der Waals surface area contributed by atoms with E-state index >= 15 is 0 Å². The summed E-state index contributed by atoms with van der Waals surface area (Å²) >= 11 is 3.37. The summed E-state index contributed by atoms with van der Waals surface area (Å²) in [5.41, 5.74) is 0.541. The van der Waals surface area contributed by atoms with Crippen molar-refractivity contribution in [1.29, 1.82) is 0 Å². The quantitative estimate of drug-likeness (QED) is 0.874. The Morgan fingerprint density at radius 2 is 2.19 bits per heavy atom. The third-order valence-corrected chi connectivity index (χ3v) is 3.62. The molecule has 0 spiro atoms. The van der Waals surface area contributed by atoms with Crippen LogP contribution in [-0.2, 0) is 6.54 Å². The van der Waals surface area contributed by atoms with Gasteiger partial charge in [0.25, 0.3) is 0 Å². The van der Waals surface area contributed by atoms with Crippen LogP contribution in [0.4, 0.5) is 4.39 Å². The van der Waals surface area contributed by atoms with E-state index < -0.39 is 0 Å². The van der Waals surface area contributed by atoms with E-state index in [1.807, 2.05) is 13.8 Å². The summed E-state index contributed by atoms with van der Waals surface area (Å²) in [6.45, 7) is 4.55. The molecule has 4 heteroatoms. The Balaban J connectivity index is 2.70. The fourth-order valence-corrected chi connectivity index (χ4v) is 1.67. The van der Waals surface area contributed by atoms with Gasteiger partial charge in [0.05, 0.1) is 6.61 Å². The van der Waals surface area contributed by atoms with Gasteiger partial charge in [-0.15, -0.1) is 0 Å². The largest absolute Gasteiger partial charge is 0.394 e. The van der Waals surface area contributed by atoms with Crippen molar-refractivity contribution in [3.8, 4) is 0 Å². The van der Waals surface area contributed by atoms with Gasteiger partial charge in [0.2, 0.25) is 0 Å². The smallest absolute Gasteiger partial charge is 0.123 e. The van der Waals surface area contributed by atoms with E-state index in [4.69, 9.17) is 0 Å². The second-order valence-electron chi connectivity index (χ2n) is 4.16. The molecule has 1 aromatic carbocycles. The highest BCUT2D eigenvalue weighted by atomic mass is 79.9. The lowest BCUT2D eigenvalue weighted by Crippen LogP contribution is -2.44. The average Bonchev–Trinajstić information content (AvgIpc) is 2.30. The summed E-state index contributed by atoms with van der Waals surface area (Å²) in [5, 5.41) is 12.5. The van der Waals surface area contributed by atoms with Crippen LogP contribution in [0.2, 0.25) is 0 Å². The summed E-state index contributed by atoms with van der Waals surface area (Å²) in [6, 6.07) is 4.59. The van der Waals surface area contributed by atoms with Crippen molar-refractivity contribution < 1.29 is 9.50 Å². The monoisotopic (exact) mass is 289 g/mol. The standard InChI is InChI=1S/C12H17BrFNO/c1-3-12(2,8-16)15-7-9-6-10(14)4-5-11(9)13/h4-6,15-16H,3,7-8H2,1-2H3. The topological polar surface area (TPSA) is 32.3 Å². The van der Waals surface area contributed by atoms with Gasteiger partial charge in [0, 0.05) is 16.6 Å². The summed E-state index contributed by atoms with van der Waals surface area (Å²) in [6.07, 6.45) is 0.816. The van der Waals surface area contributed by atoms with Crippen molar-refractivity contribution >= 4 is 15.9 Å². The molecule has 2 nitrogen and oxygen atoms in total. The lowest BCUT2D eigenvalue weighted by molar-refractivity contribution is 0.169. The highest BCUT2D eigenvalue weighted by molar-refractivity contribution is 9.10. The third kappa shape index (κ3) is 3.54. The van der Waals surface area contributed by atoms with Gasteiger partial charge in [-0.3, -0.25) is 0 Å². The molecule has 0 aromatic heterocycles. The maximum absolute atomic E-state index is 13.0. The zero-order valence-electron chi connectivity index (χ0n) is 9.56. The zero-order valence-corrected chi connectivity index (χ0v) is 11.1. The zero-order chi connectivity index (χ0) is 12.2. The molecule has 0 aliphatic rings. The van der Waals surface area contributed by atoms with E-state index in [2.05, 4.69) is 21.2 Å². The summed E-state index contributed by atoms with van der Waals surface area (Å²) in [4.78, 5) is 0. The molecule has 1 unspecified atom stereocenters. The highest BCUT2D eigenvalue weighted by Gasteiger charge is 2.20. The van der Waals surface area contributed by atoms with E-state index in [-0.39, 0.29) is 18.0 Å². The van der Waals surface area contributed by atoms with E-state index in [1.54, 1.807) is 6.07 Å². The van der Waals surface area contributed by atoms with Crippen LogP contribution in [0.25, 0.3) is 0 Å². The van der Waals surface area contributed by atoms with Gasteiger partial charge in [0.1, 0.15) is 5.82 Å². The second kappa shape index (κ2) is 5.75. The van der Waals surface area contributed by atoms with Gasteiger partial charge in [-0.1, -0.05) is 22.9 Å². The fraction of sp³-hybridized carbons (Fsp3) is 0.500. The van der Waals surface area contributed by atoms with Crippen molar-refractivity contribution in [3.63, 3.8) is 0 Å². The van der Waals surface area contributed by atoms with Crippen LogP contribution in [0.15, 0.2) is 22.7 Å². The van der Waals surface area contributed by atoms with E-state index in [0.29, 0.717) is 6.54 Å².